The number of hydrogen-bond donors (Lipinski definition) is 0. The Labute approximate surface area is 82.9 Å². The summed E-state index contributed by atoms with van der Waals surface area (Å²) in [5, 5.41) is 0. The summed E-state index contributed by atoms with van der Waals surface area (Å²) in [7, 11) is -3.40. The molecule has 2 rings (SSSR count). The average molecular weight is 210 g/mol. The van der Waals surface area contributed by atoms with Gasteiger partial charge in [0.15, 0.2) is 0 Å². The molecule has 1 saturated heterocycles. The van der Waals surface area contributed by atoms with Crippen molar-refractivity contribution < 1.29 is 13.2 Å². The van der Waals surface area contributed by atoms with Crippen LogP contribution in [-0.2, 0) is 14.6 Å². The van der Waals surface area contributed by atoms with Crippen molar-refractivity contribution in [2.24, 2.45) is 0 Å². The van der Waals surface area contributed by atoms with Crippen LogP contribution in [0.15, 0.2) is 46.7 Å². The zero-order valence-corrected chi connectivity index (χ0v) is 8.33. The zero-order valence-electron chi connectivity index (χ0n) is 7.51. The highest BCUT2D eigenvalue weighted by molar-refractivity contribution is 7.95. The fraction of sp³-hybridized carbons (Fsp3) is 0.200. The molecule has 0 saturated carbocycles. The summed E-state index contributed by atoms with van der Waals surface area (Å²) in [6.45, 7) is 4.01. The van der Waals surface area contributed by atoms with Crippen molar-refractivity contribution in [3.8, 4) is 0 Å². The largest absolute Gasteiger partial charge is 0.367 e. The smallest absolute Gasteiger partial charge is 0.204 e. The van der Waals surface area contributed by atoms with Gasteiger partial charge in [-0.2, -0.15) is 0 Å². The van der Waals surface area contributed by atoms with Crippen LogP contribution in [0.25, 0.3) is 0 Å². The number of rotatable bonds is 3. The highest BCUT2D eigenvalue weighted by atomic mass is 32.2. The zero-order chi connectivity index (χ0) is 10.2. The molecule has 14 heavy (non-hydrogen) atoms. The van der Waals surface area contributed by atoms with Gasteiger partial charge in [0, 0.05) is 0 Å². The number of ether oxygens (including phenoxy) is 1. The van der Waals surface area contributed by atoms with Gasteiger partial charge in [0.2, 0.25) is 9.84 Å². The van der Waals surface area contributed by atoms with Crippen LogP contribution in [-0.4, -0.2) is 21.1 Å². The first-order valence-electron chi connectivity index (χ1n) is 4.23. The van der Waals surface area contributed by atoms with Crippen LogP contribution in [0.3, 0.4) is 0 Å². The lowest BCUT2D eigenvalue weighted by Crippen LogP contribution is -2.08. The lowest BCUT2D eigenvalue weighted by atomic mass is 10.4. The van der Waals surface area contributed by atoms with Gasteiger partial charge in [0.05, 0.1) is 16.4 Å². The normalized spacial score (nSPS) is 20.4. The van der Waals surface area contributed by atoms with Gasteiger partial charge in [-0.3, -0.25) is 0 Å². The minimum Gasteiger partial charge on any atom is -0.367 e. The topological polar surface area (TPSA) is 46.7 Å². The summed E-state index contributed by atoms with van der Waals surface area (Å²) in [6.07, 6.45) is -0.305. The number of epoxide rings is 1. The molecule has 1 aromatic rings. The monoisotopic (exact) mass is 210 g/mol. The van der Waals surface area contributed by atoms with E-state index in [9.17, 15) is 8.42 Å². The molecule has 0 spiro atoms. The van der Waals surface area contributed by atoms with Crippen molar-refractivity contribution in [2.75, 3.05) is 6.61 Å². The quantitative estimate of drug-likeness (QED) is 0.708. The van der Waals surface area contributed by atoms with Crippen LogP contribution in [0.1, 0.15) is 0 Å². The molecule has 0 aromatic heterocycles. The molecule has 0 N–H and O–H groups in total. The molecule has 0 amide bonds. The van der Waals surface area contributed by atoms with E-state index in [-0.39, 0.29) is 15.9 Å². The summed E-state index contributed by atoms with van der Waals surface area (Å²) in [5.41, 5.74) is 0. The Hall–Kier alpha value is -1.13. The minimum atomic E-state index is -3.40. The lowest BCUT2D eigenvalue weighted by Gasteiger charge is -2.03. The predicted molar refractivity (Wildman–Crippen MR) is 52.5 cm³/mol. The molecular formula is C10H10O3S. The minimum absolute atomic E-state index is 0.156. The summed E-state index contributed by atoms with van der Waals surface area (Å²) in [5.74, 6) is 0. The van der Waals surface area contributed by atoms with E-state index in [1.165, 1.54) is 0 Å². The van der Waals surface area contributed by atoms with Gasteiger partial charge in [0.25, 0.3) is 0 Å². The Morgan fingerprint density at radius 1 is 1.36 bits per heavy atom. The molecule has 1 aliphatic heterocycles. The van der Waals surface area contributed by atoms with Gasteiger partial charge in [-0.15, -0.1) is 0 Å². The van der Waals surface area contributed by atoms with Gasteiger partial charge in [-0.25, -0.2) is 8.42 Å². The van der Waals surface area contributed by atoms with Crippen LogP contribution in [0.2, 0.25) is 0 Å². The maximum Gasteiger partial charge on any atom is 0.204 e. The molecule has 1 aliphatic rings. The molecule has 0 aliphatic carbocycles. The van der Waals surface area contributed by atoms with E-state index < -0.39 is 9.84 Å². The Kier molecular flexibility index (Phi) is 2.17. The second-order valence-electron chi connectivity index (χ2n) is 3.10. The van der Waals surface area contributed by atoms with Crippen LogP contribution in [0.5, 0.6) is 0 Å². The van der Waals surface area contributed by atoms with Crippen LogP contribution < -0.4 is 0 Å². The van der Waals surface area contributed by atoms with E-state index in [0.29, 0.717) is 6.61 Å². The summed E-state index contributed by atoms with van der Waals surface area (Å²) in [4.78, 5) is 0.434. The Morgan fingerprint density at radius 3 is 2.43 bits per heavy atom. The van der Waals surface area contributed by atoms with Crippen molar-refractivity contribution in [1.29, 1.82) is 0 Å². The van der Waals surface area contributed by atoms with E-state index in [1.807, 2.05) is 0 Å². The van der Waals surface area contributed by atoms with E-state index in [2.05, 4.69) is 6.58 Å². The Bertz CT molecular complexity index is 444. The maximum atomic E-state index is 11.8. The number of hydrogen-bond acceptors (Lipinski definition) is 3. The molecule has 3 nitrogen and oxygen atoms in total. The molecular weight excluding hydrogens is 200 g/mol. The third-order valence-electron chi connectivity index (χ3n) is 2.09. The van der Waals surface area contributed by atoms with Crippen LogP contribution in [0, 0.1) is 0 Å². The van der Waals surface area contributed by atoms with Crippen LogP contribution >= 0.6 is 0 Å². The molecule has 1 heterocycles. The van der Waals surface area contributed by atoms with Gasteiger partial charge >= 0.3 is 0 Å². The van der Waals surface area contributed by atoms with Crippen molar-refractivity contribution in [2.45, 2.75) is 11.0 Å². The van der Waals surface area contributed by atoms with Crippen molar-refractivity contribution in [3.05, 3.63) is 41.8 Å². The van der Waals surface area contributed by atoms with Crippen molar-refractivity contribution in [1.82, 2.24) is 0 Å². The van der Waals surface area contributed by atoms with Crippen molar-refractivity contribution in [3.63, 3.8) is 0 Å². The Morgan fingerprint density at radius 2 is 1.93 bits per heavy atom. The van der Waals surface area contributed by atoms with Gasteiger partial charge in [0.1, 0.15) is 6.10 Å². The first kappa shape index (κ1) is 9.43. The standard InChI is InChI=1S/C10H10O3S/c1-8(10-7-13-10)14(11,12)9-5-3-2-4-6-9/h2-6,10H,1,7H2. The highest BCUT2D eigenvalue weighted by Gasteiger charge is 2.34. The molecule has 4 heteroatoms. The van der Waals surface area contributed by atoms with E-state index in [4.69, 9.17) is 4.74 Å². The van der Waals surface area contributed by atoms with Gasteiger partial charge in [-0.1, -0.05) is 24.8 Å². The van der Waals surface area contributed by atoms with Crippen molar-refractivity contribution >= 4 is 9.84 Å². The molecule has 1 fully saturated rings. The van der Waals surface area contributed by atoms with Gasteiger partial charge in [-0.05, 0) is 12.1 Å². The SMILES string of the molecule is C=C(C1CO1)S(=O)(=O)c1ccccc1. The molecule has 0 bridgehead atoms. The third-order valence-corrected chi connectivity index (χ3v) is 3.94. The fourth-order valence-corrected chi connectivity index (χ4v) is 2.46. The van der Waals surface area contributed by atoms with Crippen LogP contribution in [0.4, 0.5) is 0 Å². The highest BCUT2D eigenvalue weighted by Crippen LogP contribution is 2.27. The third kappa shape index (κ3) is 1.58. The fourth-order valence-electron chi connectivity index (χ4n) is 1.16. The first-order chi connectivity index (χ1) is 6.62. The lowest BCUT2D eigenvalue weighted by molar-refractivity contribution is 0.436. The molecule has 1 atom stereocenters. The maximum absolute atomic E-state index is 11.8. The van der Waals surface area contributed by atoms with E-state index >= 15 is 0 Å². The average Bonchev–Trinajstić information content (AvgIpc) is 3.01. The van der Waals surface area contributed by atoms with E-state index in [1.54, 1.807) is 30.3 Å². The second kappa shape index (κ2) is 3.22. The molecule has 1 aromatic carbocycles. The second-order valence-corrected chi connectivity index (χ2v) is 5.11. The summed E-state index contributed by atoms with van der Waals surface area (Å²) < 4.78 is 28.6. The summed E-state index contributed by atoms with van der Waals surface area (Å²) >= 11 is 0. The predicted octanol–water partition coefficient (Wildman–Crippen LogP) is 1.37. The molecule has 1 unspecified atom stereocenters. The number of benzene rings is 1. The molecule has 74 valence electrons. The summed E-state index contributed by atoms with van der Waals surface area (Å²) in [6, 6.07) is 8.27. The number of sulfone groups is 1. The van der Waals surface area contributed by atoms with E-state index in [0.717, 1.165) is 0 Å². The molecule has 0 radical (unpaired) electrons. The first-order valence-corrected chi connectivity index (χ1v) is 5.71. The van der Waals surface area contributed by atoms with Gasteiger partial charge < -0.3 is 4.74 Å². The Balaban J connectivity index is 2.37.